The summed E-state index contributed by atoms with van der Waals surface area (Å²) in [6, 6.07) is 0. The molecule has 80 valence electrons. The van der Waals surface area contributed by atoms with Gasteiger partial charge in [-0.3, -0.25) is 0 Å². The second kappa shape index (κ2) is 6.00. The number of aldehydes is 1. The molecule has 1 saturated carbocycles. The van der Waals surface area contributed by atoms with Gasteiger partial charge in [0.2, 0.25) is 0 Å². The Hall–Kier alpha value is -0.590. The molecule has 0 aromatic carbocycles. The third-order valence-electron chi connectivity index (χ3n) is 3.05. The van der Waals surface area contributed by atoms with E-state index in [0.717, 1.165) is 18.6 Å². The molecule has 1 aliphatic carbocycles. The molecule has 14 heavy (non-hydrogen) atoms. The summed E-state index contributed by atoms with van der Waals surface area (Å²) in [6.45, 7) is 4.15. The first-order valence-electron chi connectivity index (χ1n) is 5.85. The molecule has 1 fully saturated rings. The van der Waals surface area contributed by atoms with Crippen LogP contribution < -0.4 is 0 Å². The maximum absolute atomic E-state index is 10.5. The van der Waals surface area contributed by atoms with Gasteiger partial charge in [0, 0.05) is 5.92 Å². The van der Waals surface area contributed by atoms with E-state index in [-0.39, 0.29) is 5.92 Å². The number of rotatable bonds is 4. The molecule has 0 bridgehead atoms. The molecule has 1 atom stereocenters. The fraction of sp³-hybridized carbons (Fsp3) is 0.769. The lowest BCUT2D eigenvalue weighted by molar-refractivity contribution is -0.110. The molecule has 0 heterocycles. The van der Waals surface area contributed by atoms with Crippen LogP contribution in [0.2, 0.25) is 0 Å². The zero-order chi connectivity index (χ0) is 10.4. The van der Waals surface area contributed by atoms with E-state index in [1.165, 1.54) is 37.7 Å². The normalized spacial score (nSPS) is 22.0. The Morgan fingerprint density at radius 3 is 2.57 bits per heavy atom. The summed E-state index contributed by atoms with van der Waals surface area (Å²) in [4.78, 5) is 10.5. The van der Waals surface area contributed by atoms with Crippen molar-refractivity contribution in [3.8, 4) is 0 Å². The van der Waals surface area contributed by atoms with Gasteiger partial charge in [0.15, 0.2) is 0 Å². The molecule has 0 spiro atoms. The minimum atomic E-state index is 0.190. The highest BCUT2D eigenvalue weighted by atomic mass is 16.1. The Morgan fingerprint density at radius 2 is 2.00 bits per heavy atom. The average molecular weight is 194 g/mol. The van der Waals surface area contributed by atoms with Crippen LogP contribution in [0, 0.1) is 11.8 Å². The first-order valence-corrected chi connectivity index (χ1v) is 5.85. The standard InChI is InChI=1S/C13H22O/c1-11(8-12(2)10-14)9-13-6-4-3-5-7-13/h9-10,12-13H,3-8H2,1-2H3/b11-9+. The SMILES string of the molecule is C/C(=C\C1CCCCC1)CC(C)C=O. The van der Waals surface area contributed by atoms with Crippen molar-refractivity contribution in [2.75, 3.05) is 0 Å². The quantitative estimate of drug-likeness (QED) is 0.492. The highest BCUT2D eigenvalue weighted by molar-refractivity contribution is 5.53. The second-order valence-electron chi connectivity index (χ2n) is 4.73. The van der Waals surface area contributed by atoms with E-state index in [9.17, 15) is 4.79 Å². The molecule has 0 amide bonds. The van der Waals surface area contributed by atoms with Crippen molar-refractivity contribution in [2.24, 2.45) is 11.8 Å². The third-order valence-corrected chi connectivity index (χ3v) is 3.05. The lowest BCUT2D eigenvalue weighted by Crippen LogP contribution is -2.04. The first kappa shape index (κ1) is 11.5. The molecule has 0 aromatic heterocycles. The highest BCUT2D eigenvalue weighted by Gasteiger charge is 2.11. The highest BCUT2D eigenvalue weighted by Crippen LogP contribution is 2.26. The van der Waals surface area contributed by atoms with E-state index in [4.69, 9.17) is 0 Å². The Kier molecular flexibility index (Phi) is 4.92. The zero-order valence-corrected chi connectivity index (χ0v) is 9.46. The smallest absolute Gasteiger partial charge is 0.123 e. The van der Waals surface area contributed by atoms with Crippen LogP contribution in [0.3, 0.4) is 0 Å². The van der Waals surface area contributed by atoms with Gasteiger partial charge in [0.1, 0.15) is 6.29 Å². The fourth-order valence-electron chi connectivity index (χ4n) is 2.33. The maximum atomic E-state index is 10.5. The molecular formula is C13H22O. The number of hydrogen-bond acceptors (Lipinski definition) is 1. The van der Waals surface area contributed by atoms with Gasteiger partial charge in [-0.05, 0) is 32.1 Å². The van der Waals surface area contributed by atoms with Crippen LogP contribution in [-0.4, -0.2) is 6.29 Å². The van der Waals surface area contributed by atoms with Crippen LogP contribution in [-0.2, 0) is 4.79 Å². The number of carbonyl (C=O) groups is 1. The largest absolute Gasteiger partial charge is 0.303 e. The number of allylic oxidation sites excluding steroid dienone is 2. The van der Waals surface area contributed by atoms with Gasteiger partial charge < -0.3 is 4.79 Å². The molecule has 1 rings (SSSR count). The molecule has 0 aromatic rings. The van der Waals surface area contributed by atoms with Gasteiger partial charge >= 0.3 is 0 Å². The summed E-state index contributed by atoms with van der Waals surface area (Å²) in [5.74, 6) is 0.984. The molecule has 0 radical (unpaired) electrons. The van der Waals surface area contributed by atoms with Gasteiger partial charge in [-0.25, -0.2) is 0 Å². The lowest BCUT2D eigenvalue weighted by atomic mass is 9.87. The fourth-order valence-corrected chi connectivity index (χ4v) is 2.33. The maximum Gasteiger partial charge on any atom is 0.123 e. The van der Waals surface area contributed by atoms with Gasteiger partial charge in [0.05, 0.1) is 0 Å². The van der Waals surface area contributed by atoms with Gasteiger partial charge in [-0.15, -0.1) is 0 Å². The van der Waals surface area contributed by atoms with E-state index in [2.05, 4.69) is 13.0 Å². The summed E-state index contributed by atoms with van der Waals surface area (Å²) < 4.78 is 0. The zero-order valence-electron chi connectivity index (χ0n) is 9.46. The van der Waals surface area contributed by atoms with Crippen LogP contribution in [0.25, 0.3) is 0 Å². The lowest BCUT2D eigenvalue weighted by Gasteiger charge is -2.19. The molecule has 1 unspecified atom stereocenters. The Bertz CT molecular complexity index is 199. The summed E-state index contributed by atoms with van der Waals surface area (Å²) >= 11 is 0. The summed E-state index contributed by atoms with van der Waals surface area (Å²) in [5, 5.41) is 0. The van der Waals surface area contributed by atoms with Crippen molar-refractivity contribution in [1.82, 2.24) is 0 Å². The molecule has 1 heteroatoms. The van der Waals surface area contributed by atoms with Crippen LogP contribution in [0.1, 0.15) is 52.4 Å². The predicted octanol–water partition coefficient (Wildman–Crippen LogP) is 3.74. The Labute approximate surface area is 87.6 Å². The minimum absolute atomic E-state index is 0.190. The summed E-state index contributed by atoms with van der Waals surface area (Å²) in [6.07, 6.45) is 11.3. The first-order chi connectivity index (χ1) is 6.72. The topological polar surface area (TPSA) is 17.1 Å². The second-order valence-corrected chi connectivity index (χ2v) is 4.73. The molecule has 1 nitrogen and oxygen atoms in total. The van der Waals surface area contributed by atoms with Crippen molar-refractivity contribution >= 4 is 6.29 Å². The number of hydrogen-bond donors (Lipinski definition) is 0. The van der Waals surface area contributed by atoms with E-state index in [0.29, 0.717) is 0 Å². The van der Waals surface area contributed by atoms with Crippen molar-refractivity contribution < 1.29 is 4.79 Å². The van der Waals surface area contributed by atoms with Crippen LogP contribution in [0.5, 0.6) is 0 Å². The van der Waals surface area contributed by atoms with Crippen molar-refractivity contribution in [1.29, 1.82) is 0 Å². The van der Waals surface area contributed by atoms with Crippen LogP contribution in [0.15, 0.2) is 11.6 Å². The van der Waals surface area contributed by atoms with E-state index < -0.39 is 0 Å². The summed E-state index contributed by atoms with van der Waals surface area (Å²) in [5.41, 5.74) is 1.40. The van der Waals surface area contributed by atoms with Gasteiger partial charge in [-0.2, -0.15) is 0 Å². The molecule has 0 aliphatic heterocycles. The third kappa shape index (κ3) is 4.08. The van der Waals surface area contributed by atoms with Gasteiger partial charge in [-0.1, -0.05) is 37.8 Å². The minimum Gasteiger partial charge on any atom is -0.303 e. The molecular weight excluding hydrogens is 172 g/mol. The Morgan fingerprint density at radius 1 is 1.36 bits per heavy atom. The van der Waals surface area contributed by atoms with Gasteiger partial charge in [0.25, 0.3) is 0 Å². The molecule has 1 aliphatic rings. The molecule has 0 N–H and O–H groups in total. The summed E-state index contributed by atoms with van der Waals surface area (Å²) in [7, 11) is 0. The Balaban J connectivity index is 2.36. The van der Waals surface area contributed by atoms with Crippen LogP contribution >= 0.6 is 0 Å². The predicted molar refractivity (Wildman–Crippen MR) is 60.2 cm³/mol. The van der Waals surface area contributed by atoms with Crippen LogP contribution in [0.4, 0.5) is 0 Å². The van der Waals surface area contributed by atoms with Crippen molar-refractivity contribution in [2.45, 2.75) is 52.4 Å². The molecule has 0 saturated heterocycles. The number of carbonyl (C=O) groups excluding carboxylic acids is 1. The monoisotopic (exact) mass is 194 g/mol. The average Bonchev–Trinajstić information content (AvgIpc) is 2.19. The van der Waals surface area contributed by atoms with E-state index in [1.807, 2.05) is 6.92 Å². The van der Waals surface area contributed by atoms with Crippen molar-refractivity contribution in [3.05, 3.63) is 11.6 Å². The van der Waals surface area contributed by atoms with Crippen molar-refractivity contribution in [3.63, 3.8) is 0 Å². The van der Waals surface area contributed by atoms with E-state index >= 15 is 0 Å². The van der Waals surface area contributed by atoms with E-state index in [1.54, 1.807) is 0 Å².